The van der Waals surface area contributed by atoms with E-state index in [1.165, 1.54) is 33.9 Å². The van der Waals surface area contributed by atoms with Crippen molar-refractivity contribution in [2.45, 2.75) is 134 Å². The Hall–Kier alpha value is -6.71. The molecule has 69 heavy (non-hydrogen) atoms. The molecule has 28 heteroatoms. The Morgan fingerprint density at radius 2 is 0.957 bits per heavy atom. The molecule has 3 atom stereocenters. The van der Waals surface area contributed by atoms with Gasteiger partial charge in [0.2, 0.25) is 11.8 Å². The molecule has 2 rings (SSSR count). The van der Waals surface area contributed by atoms with E-state index in [2.05, 4.69) is 51.2 Å². The summed E-state index contributed by atoms with van der Waals surface area (Å²) < 4.78 is 25.5. The van der Waals surface area contributed by atoms with Crippen LogP contribution < -0.4 is 21.3 Å². The van der Waals surface area contributed by atoms with E-state index in [1.54, 1.807) is 0 Å². The molecule has 381 valence electrons. The molecule has 2 heterocycles. The predicted molar refractivity (Wildman–Crippen MR) is 225 cm³/mol. The first-order valence-electron chi connectivity index (χ1n) is 20.8. The largest absolute Gasteiger partial charge is 0 e. The van der Waals surface area contributed by atoms with E-state index < -0.39 is 72.3 Å². The minimum Gasteiger partial charge on any atom is 0 e. The molecule has 0 bridgehead atoms. The predicted octanol–water partition coefficient (Wildman–Crippen LogP) is 0.573. The number of hydrogen-bond acceptors (Lipinski definition) is 12. The second-order valence-electron chi connectivity index (χ2n) is 14.5. The topological polar surface area (TPSA) is 422 Å². The zero-order valence-electron chi connectivity index (χ0n) is 37.4. The van der Waals surface area contributed by atoms with E-state index >= 15 is 0 Å². The van der Waals surface area contributed by atoms with Crippen LogP contribution in [-0.2, 0) is 98.9 Å². The molecule has 2 aromatic rings. The van der Waals surface area contributed by atoms with Gasteiger partial charge in [-0.2, -0.15) is 0 Å². The summed E-state index contributed by atoms with van der Waals surface area (Å²) in [6.45, 7) is 14.0. The number of rotatable bonds is 34. The summed E-state index contributed by atoms with van der Waals surface area (Å²) in [4.78, 5) is 115. The maximum absolute atomic E-state index is 12.6. The fourth-order valence-corrected chi connectivity index (χ4v) is 6.24. The van der Waals surface area contributed by atoms with Gasteiger partial charge in [0, 0.05) is 71.0 Å². The van der Waals surface area contributed by atoms with Crippen molar-refractivity contribution >= 4 is 53.7 Å². The van der Waals surface area contributed by atoms with Crippen LogP contribution in [0.5, 0.6) is 0 Å². The van der Waals surface area contributed by atoms with Crippen LogP contribution in [0.1, 0.15) is 102 Å². The van der Waals surface area contributed by atoms with Gasteiger partial charge in [-0.05, 0) is 64.3 Å². The molecule has 27 nitrogen and oxygen atoms in total. The number of nitrogens with one attached hydrogen (secondary N) is 4. The van der Waals surface area contributed by atoms with Crippen LogP contribution in [0.15, 0.2) is 24.8 Å². The average Bonchev–Trinajstić information content (AvgIpc) is 3.92. The van der Waals surface area contributed by atoms with E-state index in [-0.39, 0.29) is 91.2 Å². The molecular formula is C41H57N9O18Re. The number of carbonyl (C=O) groups is 9. The van der Waals surface area contributed by atoms with Gasteiger partial charge in [-0.3, -0.25) is 28.9 Å². The first-order chi connectivity index (χ1) is 32.4. The van der Waals surface area contributed by atoms with E-state index in [0.717, 1.165) is 0 Å². The summed E-state index contributed by atoms with van der Waals surface area (Å²) in [6, 6.07) is -5.05. The monoisotopic (exact) mass is 1150 g/mol. The zero-order chi connectivity index (χ0) is 52.0. The Bertz CT molecular complexity index is 1900. The van der Waals surface area contributed by atoms with Crippen LogP contribution in [0.3, 0.4) is 0 Å². The molecule has 0 fully saturated rings. The van der Waals surface area contributed by atoms with Crippen molar-refractivity contribution in [3.63, 3.8) is 0 Å². The number of hydrogen-bond donors (Lipinski definition) is 10. The Balaban J connectivity index is -0.00000597. The van der Waals surface area contributed by atoms with Crippen molar-refractivity contribution in [3.05, 3.63) is 56.4 Å². The van der Waals surface area contributed by atoms with Crippen LogP contribution >= 0.6 is 0 Å². The van der Waals surface area contributed by atoms with E-state index in [9.17, 15) is 63.6 Å². The van der Waals surface area contributed by atoms with E-state index in [0.29, 0.717) is 69.6 Å². The number of carboxylic acids is 6. The van der Waals surface area contributed by atoms with Crippen LogP contribution in [0.25, 0.3) is 0 Å². The Labute approximate surface area is 409 Å². The molecule has 0 aliphatic rings. The van der Waals surface area contributed by atoms with Gasteiger partial charge in [0.1, 0.15) is 42.9 Å². The zero-order valence-corrected chi connectivity index (χ0v) is 40.1. The summed E-state index contributed by atoms with van der Waals surface area (Å²) in [5, 5.41) is 65.1. The summed E-state index contributed by atoms with van der Waals surface area (Å²) in [6.07, 6.45) is 9.45. The van der Waals surface area contributed by atoms with Crippen molar-refractivity contribution < 1.29 is 108 Å². The van der Waals surface area contributed by atoms with Gasteiger partial charge < -0.3 is 61.0 Å². The SMILES string of the molecule is O=C(O)CC[C@H](NC(=O)N[C@@H](CCCCNC(=O)CCCCCCC(=O)N[C@@H](CCCCN(Cc1nccn1CC(=O)O)Cc1nccn1CC(=O)O)C(=O)O)C(=O)O)C(=O)O.[C-]#[O+].[C-]#[O+].[C-]#[O+].[Re]. The van der Waals surface area contributed by atoms with Gasteiger partial charge in [0.05, 0.1) is 13.1 Å². The van der Waals surface area contributed by atoms with Gasteiger partial charge in [0.25, 0.3) is 0 Å². The molecule has 0 aromatic carbocycles. The van der Waals surface area contributed by atoms with Crippen LogP contribution in [0.2, 0.25) is 0 Å². The summed E-state index contributed by atoms with van der Waals surface area (Å²) in [7, 11) is 0. The maximum atomic E-state index is 12.6. The standard InChI is InChI=1S/C38H57N9O15.3CO.Re/c48-30(41-15-7-5-9-26(36(58)59)43-38(62)44-27(37(60)61)13-14-32(50)51)11-3-1-2-4-12-31(49)42-25(35(56)57)10-6-8-18-45(21-28-39-16-19-46(28)23-33(52)53)22-29-40-17-20-47(29)24-34(54)55;3*1-2;/h16-17,19-20,25-27H,1-15,18,21-24H2,(H,41,48)(H,42,49)(H,50,51)(H,52,53)(H,54,55)(H,56,57)(H,58,59)(H,60,61)(H2,43,44,62);;;;/t25-,26-,27-;;;;/m0..../s1. The third-order valence-corrected chi connectivity index (χ3v) is 9.45. The first-order valence-corrected chi connectivity index (χ1v) is 20.8. The van der Waals surface area contributed by atoms with E-state index in [1.807, 2.05) is 4.90 Å². The Kier molecular flexibility index (Phi) is 38.9. The van der Waals surface area contributed by atoms with Crippen LogP contribution in [-0.4, -0.2) is 140 Å². The van der Waals surface area contributed by atoms with Crippen molar-refractivity contribution in [2.75, 3.05) is 13.1 Å². The number of unbranched alkanes of at least 4 members (excludes halogenated alkanes) is 5. The third kappa shape index (κ3) is 31.8. The molecule has 10 N–H and O–H groups in total. The number of carboxylic acid groups (broad SMARTS) is 6. The van der Waals surface area contributed by atoms with Gasteiger partial charge in [-0.25, -0.2) is 29.1 Å². The molecule has 2 aromatic heterocycles. The smallest absolute Gasteiger partial charge is 0 e. The summed E-state index contributed by atoms with van der Waals surface area (Å²) in [5.41, 5.74) is 0. The third-order valence-electron chi connectivity index (χ3n) is 9.45. The Morgan fingerprint density at radius 1 is 0.536 bits per heavy atom. The van der Waals surface area contributed by atoms with Crippen molar-refractivity contribution in [3.8, 4) is 0 Å². The maximum Gasteiger partial charge on any atom is 0 e. The van der Waals surface area contributed by atoms with Crippen LogP contribution in [0, 0.1) is 20.0 Å². The molecule has 0 saturated heterocycles. The molecule has 0 saturated carbocycles. The molecule has 0 unspecified atom stereocenters. The minimum atomic E-state index is -1.52. The fraction of sp³-hybridized carbons (Fsp3) is 0.561. The number of aromatic nitrogens is 4. The van der Waals surface area contributed by atoms with Gasteiger partial charge >= 0.3 is 75.8 Å². The molecule has 0 aliphatic carbocycles. The second kappa shape index (κ2) is 40.4. The molecule has 0 aliphatic heterocycles. The molecule has 1 radical (unpaired) electrons. The Morgan fingerprint density at radius 3 is 1.39 bits per heavy atom. The number of carbonyl (C=O) groups excluding carboxylic acids is 3. The average molecular weight is 1150 g/mol. The number of amides is 4. The van der Waals surface area contributed by atoms with Gasteiger partial charge in [0.15, 0.2) is 0 Å². The summed E-state index contributed by atoms with van der Waals surface area (Å²) in [5.74, 6) is -7.07. The van der Waals surface area contributed by atoms with Gasteiger partial charge in [-0.15, -0.1) is 0 Å². The molecular weight excluding hydrogens is 1090 g/mol. The van der Waals surface area contributed by atoms with E-state index in [4.69, 9.17) is 24.2 Å². The normalized spacial score (nSPS) is 11.3. The number of imidazole rings is 2. The van der Waals surface area contributed by atoms with Crippen molar-refractivity contribution in [2.24, 2.45) is 0 Å². The summed E-state index contributed by atoms with van der Waals surface area (Å²) >= 11 is 0. The number of nitrogens with zero attached hydrogens (tertiary/aromatic N) is 5. The molecule has 4 amide bonds. The number of urea groups is 1. The fourth-order valence-electron chi connectivity index (χ4n) is 6.24. The second-order valence-corrected chi connectivity index (χ2v) is 14.5. The van der Waals surface area contributed by atoms with Crippen LogP contribution in [0.4, 0.5) is 4.79 Å². The van der Waals surface area contributed by atoms with Crippen molar-refractivity contribution in [1.82, 2.24) is 45.3 Å². The number of aliphatic carboxylic acids is 6. The molecule has 0 spiro atoms. The van der Waals surface area contributed by atoms with Gasteiger partial charge in [-0.1, -0.05) is 12.8 Å². The quantitative estimate of drug-likeness (QED) is 0.0260. The first kappa shape index (κ1) is 66.6. The minimum absolute atomic E-state index is 0. The van der Waals surface area contributed by atoms with Crippen molar-refractivity contribution in [1.29, 1.82) is 0 Å².